The number of carbonyl (C=O) groups is 3. The lowest BCUT2D eigenvalue weighted by Crippen LogP contribution is -2.42. The molecule has 0 bridgehead atoms. The van der Waals surface area contributed by atoms with E-state index in [4.69, 9.17) is 9.90 Å². The van der Waals surface area contributed by atoms with E-state index < -0.39 is 18.2 Å². The predicted octanol–water partition coefficient (Wildman–Crippen LogP) is 2.37. The van der Waals surface area contributed by atoms with Gasteiger partial charge in [-0.2, -0.15) is 18.3 Å². The Morgan fingerprint density at radius 1 is 1.27 bits per heavy atom. The Labute approximate surface area is 187 Å². The zero-order chi connectivity index (χ0) is 24.3. The molecule has 1 aromatic heterocycles. The van der Waals surface area contributed by atoms with Gasteiger partial charge in [-0.15, -0.1) is 0 Å². The van der Waals surface area contributed by atoms with Crippen molar-refractivity contribution in [2.45, 2.75) is 51.4 Å². The van der Waals surface area contributed by atoms with E-state index in [0.717, 1.165) is 41.8 Å². The van der Waals surface area contributed by atoms with Crippen LogP contribution in [-0.2, 0) is 14.4 Å². The molecule has 4 rings (SSSR count). The number of hydrogen-bond donors (Lipinski definition) is 4. The van der Waals surface area contributed by atoms with Crippen molar-refractivity contribution in [1.29, 1.82) is 0 Å². The highest BCUT2D eigenvalue weighted by Gasteiger charge is 2.38. The monoisotopic (exact) mass is 469 g/mol. The van der Waals surface area contributed by atoms with Crippen LogP contribution in [0.1, 0.15) is 37.9 Å². The number of carboxylic acids is 1. The van der Waals surface area contributed by atoms with Crippen LogP contribution in [0.2, 0.25) is 0 Å². The summed E-state index contributed by atoms with van der Waals surface area (Å²) >= 11 is 0. The van der Waals surface area contributed by atoms with Gasteiger partial charge < -0.3 is 15.7 Å². The van der Waals surface area contributed by atoms with Gasteiger partial charge in [0.25, 0.3) is 5.91 Å². The summed E-state index contributed by atoms with van der Waals surface area (Å²) in [4.78, 5) is 32.5. The van der Waals surface area contributed by atoms with Crippen LogP contribution in [0.25, 0.3) is 10.9 Å². The van der Waals surface area contributed by atoms with Gasteiger partial charge in [0.2, 0.25) is 5.91 Å². The van der Waals surface area contributed by atoms with Crippen molar-refractivity contribution in [2.24, 2.45) is 5.92 Å². The van der Waals surface area contributed by atoms with Crippen molar-refractivity contribution in [3.63, 3.8) is 0 Å². The largest absolute Gasteiger partial charge is 0.490 e. The molecule has 180 valence electrons. The molecule has 12 heteroatoms. The fourth-order valence-electron chi connectivity index (χ4n) is 3.98. The number of nitrogens with one attached hydrogen (secondary N) is 3. The number of imide groups is 1. The minimum Gasteiger partial charge on any atom is -0.475 e. The number of carbonyl (C=O) groups excluding carboxylic acids is 2. The minimum atomic E-state index is -5.08. The second-order valence-electron chi connectivity index (χ2n) is 8.25. The van der Waals surface area contributed by atoms with Crippen LogP contribution >= 0.6 is 0 Å². The smallest absolute Gasteiger partial charge is 0.475 e. The molecule has 0 radical (unpaired) electrons. The zero-order valence-electron chi connectivity index (χ0n) is 18.2. The van der Waals surface area contributed by atoms with E-state index in [0.29, 0.717) is 24.8 Å². The van der Waals surface area contributed by atoms with Crippen molar-refractivity contribution in [1.82, 2.24) is 20.4 Å². The van der Waals surface area contributed by atoms with Crippen LogP contribution in [0.3, 0.4) is 0 Å². The van der Waals surface area contributed by atoms with E-state index in [1.807, 2.05) is 13.0 Å². The van der Waals surface area contributed by atoms with E-state index >= 15 is 0 Å². The summed E-state index contributed by atoms with van der Waals surface area (Å²) in [6, 6.07) is 6.23. The fourth-order valence-corrected chi connectivity index (χ4v) is 3.98. The van der Waals surface area contributed by atoms with Crippen LogP contribution in [0.4, 0.5) is 18.9 Å². The van der Waals surface area contributed by atoms with Crippen molar-refractivity contribution >= 4 is 34.4 Å². The molecule has 2 aromatic rings. The molecule has 2 fully saturated rings. The number of carboxylic acid groups (broad SMARTS) is 1. The first kappa shape index (κ1) is 24.5. The maximum atomic E-state index is 12.2. The summed E-state index contributed by atoms with van der Waals surface area (Å²) < 4.78 is 33.5. The molecule has 0 spiro atoms. The molecule has 2 saturated heterocycles. The number of aryl methyl sites for hydroxylation is 1. The molecule has 0 saturated carbocycles. The molecule has 3 atom stereocenters. The maximum absolute atomic E-state index is 12.2. The van der Waals surface area contributed by atoms with E-state index in [-0.39, 0.29) is 11.8 Å². The van der Waals surface area contributed by atoms with Crippen LogP contribution in [0.15, 0.2) is 18.2 Å². The predicted molar refractivity (Wildman–Crippen MR) is 114 cm³/mol. The summed E-state index contributed by atoms with van der Waals surface area (Å²) in [5.41, 5.74) is 2.91. The topological polar surface area (TPSA) is 125 Å². The first-order valence-electron chi connectivity index (χ1n) is 10.6. The Hall–Kier alpha value is -3.15. The number of aromatic nitrogens is 2. The Morgan fingerprint density at radius 2 is 1.97 bits per heavy atom. The van der Waals surface area contributed by atoms with E-state index in [2.05, 4.69) is 40.1 Å². The Kier molecular flexibility index (Phi) is 7.25. The number of hydrogen-bond acceptors (Lipinski definition) is 6. The van der Waals surface area contributed by atoms with Crippen LogP contribution < -0.4 is 16.0 Å². The lowest BCUT2D eigenvalue weighted by molar-refractivity contribution is -0.192. The van der Waals surface area contributed by atoms with Crippen molar-refractivity contribution < 1.29 is 32.7 Å². The second kappa shape index (κ2) is 9.77. The Morgan fingerprint density at radius 3 is 2.58 bits per heavy atom. The Balaban J connectivity index is 0.000000383. The highest BCUT2D eigenvalue weighted by Crippen LogP contribution is 2.29. The highest BCUT2D eigenvalue weighted by molar-refractivity contribution is 6.00. The summed E-state index contributed by atoms with van der Waals surface area (Å²) in [6.45, 7) is 6.29. The zero-order valence-corrected chi connectivity index (χ0v) is 18.2. The van der Waals surface area contributed by atoms with Crippen LogP contribution in [0, 0.1) is 12.8 Å². The number of benzene rings is 1. The Bertz CT molecular complexity index is 1050. The lowest BCUT2D eigenvalue weighted by Gasteiger charge is -2.31. The molecule has 3 heterocycles. The summed E-state index contributed by atoms with van der Waals surface area (Å²) in [7, 11) is 0. The SMILES string of the molecule is Cc1nn(C2CCC(=O)NC2=O)c2ccc(N[C@@H]3CCNC[C@H]3C)cc12.O=C(O)C(F)(F)F. The van der Waals surface area contributed by atoms with Gasteiger partial charge in [0.05, 0.1) is 11.2 Å². The number of aliphatic carboxylic acids is 1. The number of amides is 2. The van der Waals surface area contributed by atoms with E-state index in [9.17, 15) is 22.8 Å². The molecule has 9 nitrogen and oxygen atoms in total. The van der Waals surface area contributed by atoms with E-state index in [1.54, 1.807) is 4.68 Å². The average Bonchev–Trinajstić information content (AvgIpc) is 3.05. The molecule has 1 aromatic carbocycles. The number of fused-ring (bicyclic) bond motifs is 1. The number of alkyl halides is 3. The normalized spacial score (nSPS) is 23.5. The molecule has 2 aliphatic heterocycles. The van der Waals surface area contributed by atoms with Gasteiger partial charge in [0.1, 0.15) is 6.04 Å². The lowest BCUT2D eigenvalue weighted by atomic mass is 9.95. The number of piperidine rings is 2. The van der Waals surface area contributed by atoms with Crippen LogP contribution in [0.5, 0.6) is 0 Å². The first-order valence-corrected chi connectivity index (χ1v) is 10.6. The van der Waals surface area contributed by atoms with Crippen molar-refractivity contribution in [2.75, 3.05) is 18.4 Å². The third-order valence-corrected chi connectivity index (χ3v) is 5.78. The number of nitrogens with zero attached hydrogens (tertiary/aromatic N) is 2. The fraction of sp³-hybridized carbons (Fsp3) is 0.524. The third-order valence-electron chi connectivity index (χ3n) is 5.78. The van der Waals surface area contributed by atoms with Crippen molar-refractivity contribution in [3.05, 3.63) is 23.9 Å². The third kappa shape index (κ3) is 5.81. The maximum Gasteiger partial charge on any atom is 0.490 e. The summed E-state index contributed by atoms with van der Waals surface area (Å²) in [5, 5.41) is 22.3. The average molecular weight is 469 g/mol. The standard InChI is InChI=1S/C19H25N5O2.C2HF3O2/c1-11-10-20-8-7-15(11)21-13-3-4-16-14(9-13)12(2)23-24(16)17-5-6-18(25)22-19(17)26;3-2(4,5)1(6)7/h3-4,9,11,15,17,20-21H,5-8,10H2,1-2H3,(H,22,25,26);(H,6,7)/t11-,15-,17?;/m1./s1. The molecule has 4 N–H and O–H groups in total. The molecule has 0 aliphatic carbocycles. The molecular formula is C21H26F3N5O4. The van der Waals surface area contributed by atoms with Gasteiger partial charge in [0.15, 0.2) is 0 Å². The minimum absolute atomic E-state index is 0.206. The number of halogens is 3. The van der Waals surface area contributed by atoms with Crippen LogP contribution in [-0.4, -0.2) is 58.0 Å². The highest BCUT2D eigenvalue weighted by atomic mass is 19.4. The van der Waals surface area contributed by atoms with Gasteiger partial charge >= 0.3 is 12.1 Å². The van der Waals surface area contributed by atoms with Crippen molar-refractivity contribution in [3.8, 4) is 0 Å². The molecule has 33 heavy (non-hydrogen) atoms. The summed E-state index contributed by atoms with van der Waals surface area (Å²) in [5.74, 6) is -2.65. The summed E-state index contributed by atoms with van der Waals surface area (Å²) in [6.07, 6.45) is -3.13. The number of anilines is 1. The van der Waals surface area contributed by atoms with Gasteiger partial charge in [-0.05, 0) is 57.0 Å². The molecule has 2 amide bonds. The quantitative estimate of drug-likeness (QED) is 0.509. The second-order valence-corrected chi connectivity index (χ2v) is 8.25. The number of rotatable bonds is 3. The first-order chi connectivity index (χ1) is 15.5. The molecule has 2 aliphatic rings. The molecular weight excluding hydrogens is 443 g/mol. The van der Waals surface area contributed by atoms with Gasteiger partial charge in [-0.25, -0.2) is 4.79 Å². The van der Waals surface area contributed by atoms with Gasteiger partial charge in [0, 0.05) is 23.5 Å². The van der Waals surface area contributed by atoms with Gasteiger partial charge in [-0.1, -0.05) is 6.92 Å². The molecule has 1 unspecified atom stereocenters. The van der Waals surface area contributed by atoms with Gasteiger partial charge in [-0.3, -0.25) is 19.6 Å². The van der Waals surface area contributed by atoms with E-state index in [1.165, 1.54) is 0 Å².